The maximum Gasteiger partial charge on any atom is 0.141 e. The van der Waals surface area contributed by atoms with Crippen molar-refractivity contribution in [1.29, 1.82) is 0 Å². The lowest BCUT2D eigenvalue weighted by atomic mass is 9.96. The van der Waals surface area contributed by atoms with E-state index in [0.717, 1.165) is 5.69 Å². The summed E-state index contributed by atoms with van der Waals surface area (Å²) in [6.07, 6.45) is 9.28. The van der Waals surface area contributed by atoms with Crippen LogP contribution in [0, 0.1) is 0 Å². The molecule has 0 aliphatic heterocycles. The number of aromatic nitrogens is 2. The highest BCUT2D eigenvalue weighted by Gasteiger charge is 2.17. The second-order valence-electron chi connectivity index (χ2n) is 5.54. The average Bonchev–Trinajstić information content (AvgIpc) is 2.88. The zero-order valence-electron chi connectivity index (χ0n) is 12.0. The molecule has 1 aromatic rings. The molecule has 1 aliphatic rings. The van der Waals surface area contributed by atoms with Gasteiger partial charge in [0.25, 0.3) is 0 Å². The van der Waals surface area contributed by atoms with Crippen LogP contribution in [0.15, 0.2) is 12.3 Å². The summed E-state index contributed by atoms with van der Waals surface area (Å²) >= 11 is 0. The highest BCUT2D eigenvalue weighted by atomic mass is 16.5. The van der Waals surface area contributed by atoms with Crippen molar-refractivity contribution in [1.82, 2.24) is 9.78 Å². The average molecular weight is 264 g/mol. The highest BCUT2D eigenvalue weighted by Crippen LogP contribution is 2.27. The Labute approximate surface area is 115 Å². The molecule has 0 spiro atoms. The maximum atomic E-state index is 11.8. The van der Waals surface area contributed by atoms with Gasteiger partial charge in [-0.05, 0) is 25.8 Å². The summed E-state index contributed by atoms with van der Waals surface area (Å²) in [5, 5.41) is 4.56. The zero-order valence-corrected chi connectivity index (χ0v) is 12.0. The number of hydrogen-bond acceptors (Lipinski definition) is 3. The van der Waals surface area contributed by atoms with E-state index < -0.39 is 0 Å². The smallest absolute Gasteiger partial charge is 0.141 e. The van der Waals surface area contributed by atoms with Crippen molar-refractivity contribution >= 4 is 5.78 Å². The number of rotatable bonds is 6. The minimum Gasteiger partial charge on any atom is -0.381 e. The zero-order chi connectivity index (χ0) is 13.7. The van der Waals surface area contributed by atoms with Crippen LogP contribution in [0.2, 0.25) is 0 Å². The van der Waals surface area contributed by atoms with Gasteiger partial charge in [0.15, 0.2) is 0 Å². The SMILES string of the molecule is COC(C)CC(=O)Cc1ccn(C2CCCCC2)n1. The number of nitrogens with zero attached hydrogens (tertiary/aromatic N) is 2. The van der Waals surface area contributed by atoms with Crippen LogP contribution in [0.4, 0.5) is 0 Å². The van der Waals surface area contributed by atoms with Crippen LogP contribution in [0.5, 0.6) is 0 Å². The van der Waals surface area contributed by atoms with Gasteiger partial charge in [0.2, 0.25) is 0 Å². The fourth-order valence-corrected chi connectivity index (χ4v) is 2.70. The van der Waals surface area contributed by atoms with Crippen LogP contribution in [0.1, 0.15) is 57.2 Å². The predicted octanol–water partition coefficient (Wildman–Crippen LogP) is 2.92. The lowest BCUT2D eigenvalue weighted by molar-refractivity contribution is -0.120. The normalized spacial score (nSPS) is 18.4. The Morgan fingerprint density at radius 3 is 2.89 bits per heavy atom. The van der Waals surface area contributed by atoms with Crippen molar-refractivity contribution in [2.45, 2.75) is 64.0 Å². The van der Waals surface area contributed by atoms with Crippen molar-refractivity contribution in [2.24, 2.45) is 0 Å². The number of methoxy groups -OCH3 is 1. The largest absolute Gasteiger partial charge is 0.381 e. The predicted molar refractivity (Wildman–Crippen MR) is 74.1 cm³/mol. The van der Waals surface area contributed by atoms with Gasteiger partial charge in [-0.2, -0.15) is 5.10 Å². The van der Waals surface area contributed by atoms with E-state index in [1.165, 1.54) is 32.1 Å². The fourth-order valence-electron chi connectivity index (χ4n) is 2.70. The molecule has 106 valence electrons. The minimum atomic E-state index is -0.00655. The molecule has 0 radical (unpaired) electrons. The van der Waals surface area contributed by atoms with Gasteiger partial charge in [-0.1, -0.05) is 19.3 Å². The first kappa shape index (κ1) is 14.3. The van der Waals surface area contributed by atoms with Gasteiger partial charge in [-0.15, -0.1) is 0 Å². The number of ketones is 1. The maximum absolute atomic E-state index is 11.8. The highest BCUT2D eigenvalue weighted by molar-refractivity contribution is 5.80. The molecule has 1 aromatic heterocycles. The van der Waals surface area contributed by atoms with Gasteiger partial charge in [0.05, 0.1) is 24.3 Å². The first-order valence-corrected chi connectivity index (χ1v) is 7.27. The first-order valence-electron chi connectivity index (χ1n) is 7.27. The summed E-state index contributed by atoms with van der Waals surface area (Å²) in [5.41, 5.74) is 0.888. The van der Waals surface area contributed by atoms with Crippen LogP contribution in [0.25, 0.3) is 0 Å². The first-order chi connectivity index (χ1) is 9.19. The number of Topliss-reactive ketones (excluding diaryl/α,β-unsaturated/α-hetero) is 1. The number of ether oxygens (including phenoxy) is 1. The number of carbonyl (C=O) groups is 1. The molecular formula is C15H24N2O2. The third kappa shape index (κ3) is 4.16. The van der Waals surface area contributed by atoms with Crippen LogP contribution < -0.4 is 0 Å². The molecule has 1 saturated carbocycles. The van der Waals surface area contributed by atoms with Crippen LogP contribution in [0.3, 0.4) is 0 Å². The van der Waals surface area contributed by atoms with Crippen molar-refractivity contribution in [3.05, 3.63) is 18.0 Å². The van der Waals surface area contributed by atoms with Crippen molar-refractivity contribution in [3.8, 4) is 0 Å². The van der Waals surface area contributed by atoms with Gasteiger partial charge >= 0.3 is 0 Å². The molecule has 1 unspecified atom stereocenters. The topological polar surface area (TPSA) is 44.1 Å². The standard InChI is InChI=1S/C15H24N2O2/c1-12(19-2)10-15(18)11-13-8-9-17(16-13)14-6-4-3-5-7-14/h8-9,12,14H,3-7,10-11H2,1-2H3. The Balaban J connectivity index is 1.88. The summed E-state index contributed by atoms with van der Waals surface area (Å²) in [4.78, 5) is 11.8. The van der Waals surface area contributed by atoms with Gasteiger partial charge in [-0.3, -0.25) is 9.48 Å². The molecule has 0 saturated heterocycles. The van der Waals surface area contributed by atoms with E-state index >= 15 is 0 Å². The Morgan fingerprint density at radius 2 is 2.21 bits per heavy atom. The minimum absolute atomic E-state index is 0.00655. The Kier molecular flexibility index (Phi) is 5.14. The molecule has 19 heavy (non-hydrogen) atoms. The molecule has 0 N–H and O–H groups in total. The van der Waals surface area contributed by atoms with E-state index in [2.05, 4.69) is 9.78 Å². The lowest BCUT2D eigenvalue weighted by Crippen LogP contribution is -2.16. The van der Waals surface area contributed by atoms with Gasteiger partial charge < -0.3 is 4.74 Å². The summed E-state index contributed by atoms with van der Waals surface area (Å²) in [6, 6.07) is 2.51. The molecule has 1 aliphatic carbocycles. The fraction of sp³-hybridized carbons (Fsp3) is 0.733. The quantitative estimate of drug-likeness (QED) is 0.793. The monoisotopic (exact) mass is 264 g/mol. The molecule has 4 heteroatoms. The summed E-state index contributed by atoms with van der Waals surface area (Å²) in [5.74, 6) is 0.197. The molecule has 1 atom stereocenters. The second-order valence-corrected chi connectivity index (χ2v) is 5.54. The summed E-state index contributed by atoms with van der Waals surface area (Å²) in [6.45, 7) is 1.92. The number of carbonyl (C=O) groups excluding carboxylic acids is 1. The Morgan fingerprint density at radius 1 is 1.47 bits per heavy atom. The third-order valence-corrected chi connectivity index (χ3v) is 3.91. The van der Waals surface area contributed by atoms with E-state index in [1.807, 2.05) is 19.2 Å². The van der Waals surface area contributed by atoms with E-state index in [-0.39, 0.29) is 11.9 Å². The molecular weight excluding hydrogens is 240 g/mol. The Hall–Kier alpha value is -1.16. The molecule has 1 heterocycles. The molecule has 0 bridgehead atoms. The third-order valence-electron chi connectivity index (χ3n) is 3.91. The van der Waals surface area contributed by atoms with E-state index in [9.17, 15) is 4.79 Å². The molecule has 0 amide bonds. The van der Waals surface area contributed by atoms with Crippen LogP contribution in [-0.2, 0) is 16.0 Å². The molecule has 0 aromatic carbocycles. The van der Waals surface area contributed by atoms with Gasteiger partial charge in [0.1, 0.15) is 5.78 Å². The summed E-state index contributed by atoms with van der Waals surface area (Å²) < 4.78 is 7.17. The van der Waals surface area contributed by atoms with Gasteiger partial charge in [-0.25, -0.2) is 0 Å². The molecule has 2 rings (SSSR count). The van der Waals surface area contributed by atoms with E-state index in [4.69, 9.17) is 4.74 Å². The van der Waals surface area contributed by atoms with Crippen LogP contribution in [-0.4, -0.2) is 28.8 Å². The van der Waals surface area contributed by atoms with Crippen molar-refractivity contribution in [2.75, 3.05) is 7.11 Å². The van der Waals surface area contributed by atoms with Crippen molar-refractivity contribution in [3.63, 3.8) is 0 Å². The van der Waals surface area contributed by atoms with Gasteiger partial charge in [0, 0.05) is 19.7 Å². The summed E-state index contributed by atoms with van der Waals surface area (Å²) in [7, 11) is 1.63. The van der Waals surface area contributed by atoms with Crippen molar-refractivity contribution < 1.29 is 9.53 Å². The van der Waals surface area contributed by atoms with E-state index in [1.54, 1.807) is 7.11 Å². The molecule has 4 nitrogen and oxygen atoms in total. The van der Waals surface area contributed by atoms with Crippen LogP contribution >= 0.6 is 0 Å². The van der Waals surface area contributed by atoms with E-state index in [0.29, 0.717) is 18.9 Å². The Bertz CT molecular complexity index is 408. The number of hydrogen-bond donors (Lipinski definition) is 0. The lowest BCUT2D eigenvalue weighted by Gasteiger charge is -2.21. The molecule has 1 fully saturated rings. The second kappa shape index (κ2) is 6.85.